The molecule has 0 aromatic heterocycles. The van der Waals surface area contributed by atoms with Crippen LogP contribution in [0.25, 0.3) is 0 Å². The Kier molecular flexibility index (Phi) is 3.02. The van der Waals surface area contributed by atoms with Gasteiger partial charge < -0.3 is 15.4 Å². The first kappa shape index (κ1) is 8.68. The van der Waals surface area contributed by atoms with Crippen molar-refractivity contribution in [1.29, 1.82) is 0 Å². The van der Waals surface area contributed by atoms with Crippen LogP contribution in [-0.2, 0) is 4.79 Å². The normalized spacial score (nSPS) is 32.3. The van der Waals surface area contributed by atoms with E-state index in [1.54, 1.807) is 0 Å². The van der Waals surface area contributed by atoms with E-state index in [1.807, 2.05) is 0 Å². The van der Waals surface area contributed by atoms with E-state index in [2.05, 4.69) is 24.5 Å². The molecule has 0 aromatic carbocycles. The van der Waals surface area contributed by atoms with Crippen molar-refractivity contribution in [3.8, 4) is 0 Å². The Morgan fingerprint density at radius 2 is 2.00 bits per heavy atom. The molecule has 1 unspecified atom stereocenters. The molecule has 1 heterocycles. The Hall–Kier alpha value is -0.410. The van der Waals surface area contributed by atoms with Gasteiger partial charge in [-0.2, -0.15) is 0 Å². The molecule has 1 aliphatic heterocycles. The maximum absolute atomic E-state index is 10.6. The molecule has 1 fully saturated rings. The van der Waals surface area contributed by atoms with Crippen molar-refractivity contribution in [3.05, 3.63) is 0 Å². The summed E-state index contributed by atoms with van der Waals surface area (Å²) in [4.78, 5) is 10.6. The van der Waals surface area contributed by atoms with Gasteiger partial charge in [0.25, 0.3) is 0 Å². The lowest BCUT2D eigenvalue weighted by atomic mass is 9.96. The molecule has 2 N–H and O–H groups in total. The fraction of sp³-hybridized carbons (Fsp3) is 0.875. The molecule has 0 amide bonds. The molecule has 1 rings (SSSR count). The molecule has 11 heavy (non-hydrogen) atoms. The summed E-state index contributed by atoms with van der Waals surface area (Å²) in [5.74, 6) is 0.512. The van der Waals surface area contributed by atoms with Crippen LogP contribution in [0.2, 0.25) is 0 Å². The third kappa shape index (κ3) is 2.01. The van der Waals surface area contributed by atoms with E-state index in [-0.39, 0.29) is 6.04 Å². The summed E-state index contributed by atoms with van der Waals surface area (Å²) in [6.45, 7) is 6.11. The maximum Gasteiger partial charge on any atom is 0.138 e. The van der Waals surface area contributed by atoms with Gasteiger partial charge in [-0.25, -0.2) is 0 Å². The second kappa shape index (κ2) is 3.83. The second-order valence-corrected chi connectivity index (χ2v) is 3.34. The molecule has 3 heteroatoms. The second-order valence-electron chi connectivity index (χ2n) is 3.34. The van der Waals surface area contributed by atoms with E-state index >= 15 is 0 Å². The molecule has 0 aliphatic carbocycles. The van der Waals surface area contributed by atoms with Gasteiger partial charge in [-0.05, 0) is 5.92 Å². The van der Waals surface area contributed by atoms with Crippen molar-refractivity contribution in [2.24, 2.45) is 5.92 Å². The molecule has 1 aliphatic rings. The van der Waals surface area contributed by atoms with Gasteiger partial charge in [0, 0.05) is 19.1 Å². The highest BCUT2D eigenvalue weighted by atomic mass is 16.1. The van der Waals surface area contributed by atoms with E-state index in [4.69, 9.17) is 0 Å². The van der Waals surface area contributed by atoms with Gasteiger partial charge in [-0.1, -0.05) is 13.8 Å². The maximum atomic E-state index is 10.6. The molecule has 2 atom stereocenters. The third-order valence-corrected chi connectivity index (χ3v) is 2.14. The molecular weight excluding hydrogens is 140 g/mol. The number of rotatable bonds is 2. The number of nitrogens with one attached hydrogen (secondary N) is 2. The average molecular weight is 156 g/mol. The molecule has 0 spiro atoms. The molecule has 64 valence electrons. The van der Waals surface area contributed by atoms with Gasteiger partial charge in [0.2, 0.25) is 0 Å². The van der Waals surface area contributed by atoms with Crippen LogP contribution in [0.4, 0.5) is 0 Å². The minimum Gasteiger partial charge on any atom is -0.310 e. The van der Waals surface area contributed by atoms with Crippen LogP contribution in [0.1, 0.15) is 13.8 Å². The highest BCUT2D eigenvalue weighted by Crippen LogP contribution is 2.07. The zero-order chi connectivity index (χ0) is 8.27. The van der Waals surface area contributed by atoms with Crippen LogP contribution in [0.3, 0.4) is 0 Å². The third-order valence-electron chi connectivity index (χ3n) is 2.14. The van der Waals surface area contributed by atoms with Crippen LogP contribution < -0.4 is 10.6 Å². The van der Waals surface area contributed by atoms with Crippen molar-refractivity contribution in [2.45, 2.75) is 25.9 Å². The lowest BCUT2D eigenvalue weighted by molar-refractivity contribution is -0.110. The van der Waals surface area contributed by atoms with Gasteiger partial charge in [-0.15, -0.1) is 0 Å². The zero-order valence-corrected chi connectivity index (χ0v) is 7.13. The summed E-state index contributed by atoms with van der Waals surface area (Å²) in [5, 5.41) is 6.50. The fourth-order valence-electron chi connectivity index (χ4n) is 1.51. The van der Waals surface area contributed by atoms with Crippen LogP contribution >= 0.6 is 0 Å². The monoisotopic (exact) mass is 156 g/mol. The minimum absolute atomic E-state index is 0.00347. The number of hydrogen-bond acceptors (Lipinski definition) is 3. The van der Waals surface area contributed by atoms with E-state index in [0.717, 1.165) is 19.4 Å². The van der Waals surface area contributed by atoms with Crippen molar-refractivity contribution < 1.29 is 4.79 Å². The molecule has 0 bridgehead atoms. The predicted octanol–water partition coefficient (Wildman–Crippen LogP) is -0.229. The Morgan fingerprint density at radius 3 is 2.45 bits per heavy atom. The van der Waals surface area contributed by atoms with Crippen LogP contribution in [0.5, 0.6) is 0 Å². The number of piperazine rings is 1. The molecule has 0 radical (unpaired) electrons. The van der Waals surface area contributed by atoms with Gasteiger partial charge >= 0.3 is 0 Å². The summed E-state index contributed by atoms with van der Waals surface area (Å²) in [6.07, 6.45) is 0.997. The summed E-state index contributed by atoms with van der Waals surface area (Å²) >= 11 is 0. The lowest BCUT2D eigenvalue weighted by Gasteiger charge is -2.32. The van der Waals surface area contributed by atoms with E-state index in [1.165, 1.54) is 0 Å². The summed E-state index contributed by atoms with van der Waals surface area (Å²) < 4.78 is 0. The first-order valence-electron chi connectivity index (χ1n) is 4.17. The number of carbonyl (C=O) groups excluding carboxylic acids is 1. The van der Waals surface area contributed by atoms with Crippen molar-refractivity contribution in [1.82, 2.24) is 10.6 Å². The molecule has 3 nitrogen and oxygen atoms in total. The fourth-order valence-corrected chi connectivity index (χ4v) is 1.51. The molecule has 0 aromatic rings. The number of aldehydes is 1. The summed E-state index contributed by atoms with van der Waals surface area (Å²) in [7, 11) is 0. The standard InChI is InChI=1S/C8H16N2O/c1-6(2)8-7(5-11)9-3-4-10-8/h5-10H,3-4H2,1-2H3/t7?,8-/m1/s1. The number of hydrogen-bond donors (Lipinski definition) is 2. The Bertz CT molecular complexity index is 136. The van der Waals surface area contributed by atoms with Gasteiger partial charge in [-0.3, -0.25) is 0 Å². The minimum atomic E-state index is 0.00347. The first-order valence-corrected chi connectivity index (χ1v) is 4.17. The largest absolute Gasteiger partial charge is 0.310 e. The van der Waals surface area contributed by atoms with Gasteiger partial charge in [0.1, 0.15) is 6.29 Å². The Morgan fingerprint density at radius 1 is 1.36 bits per heavy atom. The van der Waals surface area contributed by atoms with Crippen molar-refractivity contribution >= 4 is 6.29 Å². The average Bonchev–Trinajstić information content (AvgIpc) is 2.04. The molecule has 1 saturated heterocycles. The van der Waals surface area contributed by atoms with Crippen LogP contribution in [-0.4, -0.2) is 31.5 Å². The van der Waals surface area contributed by atoms with Gasteiger partial charge in [0.05, 0.1) is 6.04 Å². The van der Waals surface area contributed by atoms with Crippen molar-refractivity contribution in [3.63, 3.8) is 0 Å². The molecular formula is C8H16N2O. The van der Waals surface area contributed by atoms with Crippen LogP contribution in [0, 0.1) is 5.92 Å². The lowest BCUT2D eigenvalue weighted by Crippen LogP contribution is -2.58. The Labute approximate surface area is 67.5 Å². The topological polar surface area (TPSA) is 41.1 Å². The molecule has 0 saturated carbocycles. The highest BCUT2D eigenvalue weighted by Gasteiger charge is 2.25. The predicted molar refractivity (Wildman–Crippen MR) is 44.5 cm³/mol. The first-order chi connectivity index (χ1) is 5.25. The zero-order valence-electron chi connectivity index (χ0n) is 7.13. The van der Waals surface area contributed by atoms with E-state index in [9.17, 15) is 4.79 Å². The quantitative estimate of drug-likeness (QED) is 0.543. The Balaban J connectivity index is 2.51. The number of carbonyl (C=O) groups is 1. The summed E-state index contributed by atoms with van der Waals surface area (Å²) in [6, 6.07) is 0.310. The van der Waals surface area contributed by atoms with Crippen LogP contribution in [0.15, 0.2) is 0 Å². The highest BCUT2D eigenvalue weighted by molar-refractivity contribution is 5.59. The summed E-state index contributed by atoms with van der Waals surface area (Å²) in [5.41, 5.74) is 0. The van der Waals surface area contributed by atoms with Gasteiger partial charge in [0.15, 0.2) is 0 Å². The SMILES string of the molecule is CC(C)[C@H]1NCCNC1C=O. The van der Waals surface area contributed by atoms with E-state index < -0.39 is 0 Å². The van der Waals surface area contributed by atoms with Crippen molar-refractivity contribution in [2.75, 3.05) is 13.1 Å². The smallest absolute Gasteiger partial charge is 0.138 e. The van der Waals surface area contributed by atoms with E-state index in [0.29, 0.717) is 12.0 Å².